The van der Waals surface area contributed by atoms with E-state index in [9.17, 15) is 0 Å². The van der Waals surface area contributed by atoms with E-state index in [0.717, 1.165) is 11.3 Å². The summed E-state index contributed by atoms with van der Waals surface area (Å²) in [5.74, 6) is 0. The molecule has 0 aromatic carbocycles. The van der Waals surface area contributed by atoms with E-state index in [-0.39, 0.29) is 0 Å². The SMILES string of the molecule is C/C(=C/c1ccn(C)n1)CN. The second-order valence-electron chi connectivity index (χ2n) is 2.61. The lowest BCUT2D eigenvalue weighted by Crippen LogP contribution is -1.99. The summed E-state index contributed by atoms with van der Waals surface area (Å²) in [6.07, 6.45) is 3.90. The summed E-state index contributed by atoms with van der Waals surface area (Å²) in [5, 5.41) is 4.18. The number of aromatic nitrogens is 2. The van der Waals surface area contributed by atoms with Gasteiger partial charge in [-0.1, -0.05) is 5.57 Å². The van der Waals surface area contributed by atoms with Crippen LogP contribution < -0.4 is 5.73 Å². The molecule has 0 fully saturated rings. The van der Waals surface area contributed by atoms with Gasteiger partial charge in [0.15, 0.2) is 0 Å². The first kappa shape index (κ1) is 8.01. The van der Waals surface area contributed by atoms with Crippen molar-refractivity contribution in [2.24, 2.45) is 12.8 Å². The molecule has 0 spiro atoms. The van der Waals surface area contributed by atoms with Gasteiger partial charge < -0.3 is 5.73 Å². The quantitative estimate of drug-likeness (QED) is 0.679. The lowest BCUT2D eigenvalue weighted by molar-refractivity contribution is 0.764. The lowest BCUT2D eigenvalue weighted by Gasteiger charge is -1.91. The molecule has 1 rings (SSSR count). The summed E-state index contributed by atoms with van der Waals surface area (Å²) >= 11 is 0. The van der Waals surface area contributed by atoms with Crippen LogP contribution in [0.2, 0.25) is 0 Å². The second-order valence-corrected chi connectivity index (χ2v) is 2.61. The molecule has 0 amide bonds. The van der Waals surface area contributed by atoms with Gasteiger partial charge in [-0.2, -0.15) is 5.10 Å². The Bertz CT molecular complexity index is 260. The van der Waals surface area contributed by atoms with Gasteiger partial charge >= 0.3 is 0 Å². The Hall–Kier alpha value is -1.09. The highest BCUT2D eigenvalue weighted by atomic mass is 15.2. The van der Waals surface area contributed by atoms with Crippen molar-refractivity contribution in [3.8, 4) is 0 Å². The summed E-state index contributed by atoms with van der Waals surface area (Å²) in [6.45, 7) is 2.59. The third kappa shape index (κ3) is 2.20. The van der Waals surface area contributed by atoms with E-state index in [1.54, 1.807) is 4.68 Å². The predicted molar refractivity (Wildman–Crippen MR) is 45.9 cm³/mol. The van der Waals surface area contributed by atoms with Crippen LogP contribution >= 0.6 is 0 Å². The normalized spacial score (nSPS) is 12.1. The Morgan fingerprint density at radius 3 is 3.00 bits per heavy atom. The molecule has 0 saturated heterocycles. The second kappa shape index (κ2) is 3.34. The van der Waals surface area contributed by atoms with Crippen molar-refractivity contribution in [3.63, 3.8) is 0 Å². The summed E-state index contributed by atoms with van der Waals surface area (Å²) < 4.78 is 1.77. The van der Waals surface area contributed by atoms with E-state index in [1.165, 1.54) is 0 Å². The zero-order valence-corrected chi connectivity index (χ0v) is 6.91. The van der Waals surface area contributed by atoms with Crippen LogP contribution in [0.15, 0.2) is 17.8 Å². The van der Waals surface area contributed by atoms with E-state index in [4.69, 9.17) is 5.73 Å². The maximum Gasteiger partial charge on any atom is 0.0850 e. The van der Waals surface area contributed by atoms with Gasteiger partial charge in [0.2, 0.25) is 0 Å². The van der Waals surface area contributed by atoms with E-state index in [1.807, 2.05) is 32.3 Å². The molecule has 2 N–H and O–H groups in total. The molecule has 0 aliphatic rings. The van der Waals surface area contributed by atoms with Crippen molar-refractivity contribution in [1.29, 1.82) is 0 Å². The molecule has 60 valence electrons. The number of hydrogen-bond donors (Lipinski definition) is 1. The molecule has 1 heterocycles. The Kier molecular flexibility index (Phi) is 2.44. The summed E-state index contributed by atoms with van der Waals surface area (Å²) in [6, 6.07) is 1.96. The van der Waals surface area contributed by atoms with Crippen molar-refractivity contribution < 1.29 is 0 Å². The van der Waals surface area contributed by atoms with Crippen LogP contribution in [-0.4, -0.2) is 16.3 Å². The minimum atomic E-state index is 0.594. The summed E-state index contributed by atoms with van der Waals surface area (Å²) in [5.41, 5.74) is 7.53. The van der Waals surface area contributed by atoms with Crippen molar-refractivity contribution >= 4 is 6.08 Å². The van der Waals surface area contributed by atoms with Crippen molar-refractivity contribution in [2.45, 2.75) is 6.92 Å². The smallest absolute Gasteiger partial charge is 0.0850 e. The van der Waals surface area contributed by atoms with Gasteiger partial charge in [-0.25, -0.2) is 0 Å². The standard InChI is InChI=1S/C8H13N3/c1-7(6-9)5-8-3-4-11(2)10-8/h3-5H,6,9H2,1-2H3/b7-5-. The average molecular weight is 151 g/mol. The zero-order valence-electron chi connectivity index (χ0n) is 6.91. The molecule has 3 nitrogen and oxygen atoms in total. The molecular weight excluding hydrogens is 138 g/mol. The fourth-order valence-electron chi connectivity index (χ4n) is 0.821. The molecule has 0 atom stereocenters. The molecule has 0 radical (unpaired) electrons. The molecular formula is C8H13N3. The molecule has 1 aromatic rings. The highest BCUT2D eigenvalue weighted by Gasteiger charge is 1.91. The van der Waals surface area contributed by atoms with Gasteiger partial charge in [-0.3, -0.25) is 4.68 Å². The molecule has 1 aromatic heterocycles. The minimum absolute atomic E-state index is 0.594. The van der Waals surface area contributed by atoms with Gasteiger partial charge in [-0.05, 0) is 19.1 Å². The number of nitrogens with two attached hydrogens (primary N) is 1. The third-order valence-electron chi connectivity index (χ3n) is 1.45. The van der Waals surface area contributed by atoms with Gasteiger partial charge in [0.25, 0.3) is 0 Å². The molecule has 11 heavy (non-hydrogen) atoms. The minimum Gasteiger partial charge on any atom is -0.327 e. The molecule has 0 saturated carbocycles. The Morgan fingerprint density at radius 1 is 1.82 bits per heavy atom. The molecule has 0 unspecified atom stereocenters. The number of hydrogen-bond acceptors (Lipinski definition) is 2. The summed E-state index contributed by atoms with van der Waals surface area (Å²) in [7, 11) is 1.90. The van der Waals surface area contributed by atoms with Crippen molar-refractivity contribution in [3.05, 3.63) is 23.5 Å². The topological polar surface area (TPSA) is 43.8 Å². The maximum absolute atomic E-state index is 5.42. The zero-order chi connectivity index (χ0) is 8.27. The predicted octanol–water partition coefficient (Wildman–Crippen LogP) is 0.782. The van der Waals surface area contributed by atoms with Crippen LogP contribution in [-0.2, 0) is 7.05 Å². The molecule has 0 aliphatic carbocycles. The van der Waals surface area contributed by atoms with Crippen LogP contribution in [0.4, 0.5) is 0 Å². The van der Waals surface area contributed by atoms with Crippen molar-refractivity contribution in [1.82, 2.24) is 9.78 Å². The van der Waals surface area contributed by atoms with Crippen LogP contribution in [0.25, 0.3) is 6.08 Å². The largest absolute Gasteiger partial charge is 0.327 e. The van der Waals surface area contributed by atoms with E-state index >= 15 is 0 Å². The summed E-state index contributed by atoms with van der Waals surface area (Å²) in [4.78, 5) is 0. The van der Waals surface area contributed by atoms with Crippen LogP contribution in [0.3, 0.4) is 0 Å². The molecule has 3 heteroatoms. The van der Waals surface area contributed by atoms with Gasteiger partial charge in [0.05, 0.1) is 5.69 Å². The first-order chi connectivity index (χ1) is 5.22. The Labute approximate surface area is 66.5 Å². The fourth-order valence-corrected chi connectivity index (χ4v) is 0.821. The molecule has 0 aliphatic heterocycles. The number of aryl methyl sites for hydroxylation is 1. The maximum atomic E-state index is 5.42. The highest BCUT2D eigenvalue weighted by Crippen LogP contribution is 2.01. The molecule has 0 bridgehead atoms. The average Bonchev–Trinajstić information content (AvgIpc) is 2.35. The third-order valence-corrected chi connectivity index (χ3v) is 1.45. The monoisotopic (exact) mass is 151 g/mol. The van der Waals surface area contributed by atoms with Gasteiger partial charge in [0.1, 0.15) is 0 Å². The lowest BCUT2D eigenvalue weighted by atomic mass is 10.2. The highest BCUT2D eigenvalue weighted by molar-refractivity contribution is 5.47. The first-order valence-corrected chi connectivity index (χ1v) is 3.59. The Morgan fingerprint density at radius 2 is 2.55 bits per heavy atom. The number of rotatable bonds is 2. The van der Waals surface area contributed by atoms with Gasteiger partial charge in [0, 0.05) is 19.8 Å². The van der Waals surface area contributed by atoms with Crippen LogP contribution in [0, 0.1) is 0 Å². The van der Waals surface area contributed by atoms with Crippen LogP contribution in [0.1, 0.15) is 12.6 Å². The number of nitrogens with zero attached hydrogens (tertiary/aromatic N) is 2. The first-order valence-electron chi connectivity index (χ1n) is 3.59. The van der Waals surface area contributed by atoms with E-state index in [0.29, 0.717) is 6.54 Å². The fraction of sp³-hybridized carbons (Fsp3) is 0.375. The van der Waals surface area contributed by atoms with Gasteiger partial charge in [-0.15, -0.1) is 0 Å². The van der Waals surface area contributed by atoms with E-state index in [2.05, 4.69) is 5.10 Å². The van der Waals surface area contributed by atoms with E-state index < -0.39 is 0 Å². The Balaban J connectivity index is 2.78. The van der Waals surface area contributed by atoms with Crippen molar-refractivity contribution in [2.75, 3.05) is 6.54 Å². The van der Waals surface area contributed by atoms with Crippen LogP contribution in [0.5, 0.6) is 0 Å².